The van der Waals surface area contributed by atoms with E-state index in [4.69, 9.17) is 4.74 Å². The van der Waals surface area contributed by atoms with Crippen molar-refractivity contribution >= 4 is 0 Å². The Balaban J connectivity index is 2.57. The molecule has 4 nitrogen and oxygen atoms in total. The lowest BCUT2D eigenvalue weighted by atomic mass is 10.1. The van der Waals surface area contributed by atoms with Crippen LogP contribution in [0, 0.1) is 0 Å². The van der Waals surface area contributed by atoms with Gasteiger partial charge in [-0.2, -0.15) is 8.78 Å². The number of hydrogen-bond acceptors (Lipinski definition) is 4. The van der Waals surface area contributed by atoms with Crippen molar-refractivity contribution in [2.24, 2.45) is 0 Å². The first kappa shape index (κ1) is 17.8. The number of methoxy groups -OCH3 is 1. The van der Waals surface area contributed by atoms with Gasteiger partial charge in [-0.15, -0.1) is 0 Å². The summed E-state index contributed by atoms with van der Waals surface area (Å²) in [5.74, 6) is 0.0183. The molecule has 6 heteroatoms. The van der Waals surface area contributed by atoms with E-state index in [1.54, 1.807) is 19.2 Å². The van der Waals surface area contributed by atoms with Crippen molar-refractivity contribution in [3.63, 3.8) is 0 Å². The Bertz CT molecular complexity index is 410. The molecule has 0 spiro atoms. The van der Waals surface area contributed by atoms with Gasteiger partial charge in [0, 0.05) is 19.7 Å². The summed E-state index contributed by atoms with van der Waals surface area (Å²) in [7, 11) is 1.60. The smallest absolute Gasteiger partial charge is 0.425 e. The van der Waals surface area contributed by atoms with Gasteiger partial charge in [-0.3, -0.25) is 0 Å². The average Bonchev–Trinajstić information content (AvgIpc) is 2.43. The van der Waals surface area contributed by atoms with Gasteiger partial charge in [0.1, 0.15) is 5.75 Å². The number of rotatable bonds is 9. The zero-order chi connectivity index (χ0) is 15.9. The lowest BCUT2D eigenvalue weighted by Crippen LogP contribution is -2.46. The van der Waals surface area contributed by atoms with Gasteiger partial charge in [0.15, 0.2) is 6.10 Å². The number of hydrogen-bond donors (Lipinski definition) is 2. The Kier molecular flexibility index (Phi) is 7.01. The van der Waals surface area contributed by atoms with Crippen molar-refractivity contribution in [1.82, 2.24) is 5.32 Å². The highest BCUT2D eigenvalue weighted by Gasteiger charge is 2.41. The van der Waals surface area contributed by atoms with Crippen LogP contribution >= 0.6 is 0 Å². The standard InChI is InChI=1S/C15H23F2NO3/c1-11(2)18-10-14(19)15(16,17)21-13-6-4-12(5-7-13)8-9-20-3/h4-7,11,14,18-19H,8-10H2,1-3H3/t14-/m1/s1. The van der Waals surface area contributed by atoms with E-state index in [1.807, 2.05) is 13.8 Å². The molecule has 0 aliphatic rings. The first-order chi connectivity index (χ1) is 9.85. The summed E-state index contributed by atoms with van der Waals surface area (Å²) in [5.41, 5.74) is 0.967. The van der Waals surface area contributed by atoms with E-state index >= 15 is 0 Å². The second kappa shape index (κ2) is 8.26. The second-order valence-corrected chi connectivity index (χ2v) is 5.13. The summed E-state index contributed by atoms with van der Waals surface area (Å²) < 4.78 is 37.0. The minimum Gasteiger partial charge on any atom is -0.431 e. The maximum atomic E-state index is 13.7. The summed E-state index contributed by atoms with van der Waals surface area (Å²) >= 11 is 0. The number of ether oxygens (including phenoxy) is 2. The fourth-order valence-electron chi connectivity index (χ4n) is 1.64. The SMILES string of the molecule is COCCc1ccc(OC(F)(F)[C@H](O)CNC(C)C)cc1. The summed E-state index contributed by atoms with van der Waals surface area (Å²) in [4.78, 5) is 0. The zero-order valence-corrected chi connectivity index (χ0v) is 12.6. The molecular formula is C15H23F2NO3. The lowest BCUT2D eigenvalue weighted by molar-refractivity contribution is -0.237. The van der Waals surface area contributed by atoms with E-state index in [2.05, 4.69) is 10.1 Å². The molecule has 0 aliphatic heterocycles. The van der Waals surface area contributed by atoms with Crippen molar-refractivity contribution in [1.29, 1.82) is 0 Å². The van der Waals surface area contributed by atoms with Gasteiger partial charge in [0.25, 0.3) is 0 Å². The van der Waals surface area contributed by atoms with Gasteiger partial charge >= 0.3 is 6.11 Å². The first-order valence-electron chi connectivity index (χ1n) is 6.91. The quantitative estimate of drug-likeness (QED) is 0.734. The van der Waals surface area contributed by atoms with Crippen LogP contribution in [0.5, 0.6) is 5.75 Å². The average molecular weight is 303 g/mol. The third-order valence-corrected chi connectivity index (χ3v) is 2.88. The molecule has 0 bridgehead atoms. The van der Waals surface area contributed by atoms with E-state index < -0.39 is 12.2 Å². The molecule has 21 heavy (non-hydrogen) atoms. The Morgan fingerprint density at radius 3 is 2.38 bits per heavy atom. The van der Waals surface area contributed by atoms with E-state index in [9.17, 15) is 13.9 Å². The molecule has 0 radical (unpaired) electrons. The van der Waals surface area contributed by atoms with Crippen LogP contribution in [0.2, 0.25) is 0 Å². The van der Waals surface area contributed by atoms with Crippen molar-refractivity contribution < 1.29 is 23.4 Å². The van der Waals surface area contributed by atoms with Crippen LogP contribution < -0.4 is 10.1 Å². The normalized spacial score (nSPS) is 13.5. The molecule has 0 saturated carbocycles. The van der Waals surface area contributed by atoms with Gasteiger partial charge in [-0.05, 0) is 24.1 Å². The Hall–Kier alpha value is -1.24. The number of aliphatic hydroxyl groups excluding tert-OH is 1. The van der Waals surface area contributed by atoms with Crippen molar-refractivity contribution in [2.45, 2.75) is 38.5 Å². The number of halogens is 2. The Morgan fingerprint density at radius 1 is 1.24 bits per heavy atom. The molecule has 0 unspecified atom stereocenters. The van der Waals surface area contributed by atoms with Crippen LogP contribution in [0.1, 0.15) is 19.4 Å². The van der Waals surface area contributed by atoms with Gasteiger partial charge in [-0.25, -0.2) is 0 Å². The Labute approximate surface area is 124 Å². The maximum absolute atomic E-state index is 13.7. The lowest BCUT2D eigenvalue weighted by Gasteiger charge is -2.24. The fraction of sp³-hybridized carbons (Fsp3) is 0.600. The highest BCUT2D eigenvalue weighted by molar-refractivity contribution is 5.27. The van der Waals surface area contributed by atoms with E-state index in [1.165, 1.54) is 12.1 Å². The summed E-state index contributed by atoms with van der Waals surface area (Å²) in [6.07, 6.45) is -4.85. The van der Waals surface area contributed by atoms with E-state index in [0.29, 0.717) is 13.0 Å². The first-order valence-corrected chi connectivity index (χ1v) is 6.91. The molecule has 2 N–H and O–H groups in total. The molecule has 1 rings (SSSR count). The Morgan fingerprint density at radius 2 is 1.86 bits per heavy atom. The monoisotopic (exact) mass is 303 g/mol. The number of alkyl halides is 2. The molecule has 1 atom stereocenters. The van der Waals surface area contributed by atoms with Crippen LogP contribution in [0.15, 0.2) is 24.3 Å². The second-order valence-electron chi connectivity index (χ2n) is 5.13. The topological polar surface area (TPSA) is 50.7 Å². The third-order valence-electron chi connectivity index (χ3n) is 2.88. The summed E-state index contributed by atoms with van der Waals surface area (Å²) in [6, 6.07) is 6.32. The molecule has 0 saturated heterocycles. The highest BCUT2D eigenvalue weighted by atomic mass is 19.3. The molecule has 1 aromatic carbocycles. The number of benzene rings is 1. The van der Waals surface area contributed by atoms with E-state index in [0.717, 1.165) is 5.56 Å². The predicted molar refractivity (Wildman–Crippen MR) is 76.7 cm³/mol. The summed E-state index contributed by atoms with van der Waals surface area (Å²) in [6.45, 7) is 3.95. The van der Waals surface area contributed by atoms with Crippen LogP contribution in [-0.4, -0.2) is 43.6 Å². The number of nitrogens with one attached hydrogen (secondary N) is 1. The minimum absolute atomic E-state index is 0.00974. The van der Waals surface area contributed by atoms with Crippen molar-refractivity contribution in [3.8, 4) is 5.75 Å². The molecule has 0 amide bonds. The molecule has 0 heterocycles. The minimum atomic E-state index is -3.64. The van der Waals surface area contributed by atoms with Crippen molar-refractivity contribution in [3.05, 3.63) is 29.8 Å². The predicted octanol–water partition coefficient (Wildman–Crippen LogP) is 2.21. The fourth-order valence-corrected chi connectivity index (χ4v) is 1.64. The molecule has 0 aliphatic carbocycles. The van der Waals surface area contributed by atoms with Crippen LogP contribution in [-0.2, 0) is 11.2 Å². The zero-order valence-electron chi connectivity index (χ0n) is 12.6. The maximum Gasteiger partial charge on any atom is 0.425 e. The highest BCUT2D eigenvalue weighted by Crippen LogP contribution is 2.25. The van der Waals surface area contributed by atoms with Crippen molar-refractivity contribution in [2.75, 3.05) is 20.3 Å². The molecule has 120 valence electrons. The van der Waals surface area contributed by atoms with Gasteiger partial charge < -0.3 is 19.9 Å². The number of aliphatic hydroxyl groups is 1. The third kappa shape index (κ3) is 6.37. The molecule has 1 aromatic rings. The van der Waals surface area contributed by atoms with Gasteiger partial charge in [-0.1, -0.05) is 26.0 Å². The van der Waals surface area contributed by atoms with Crippen LogP contribution in [0.3, 0.4) is 0 Å². The molecular weight excluding hydrogens is 280 g/mol. The van der Waals surface area contributed by atoms with Gasteiger partial charge in [0.2, 0.25) is 0 Å². The van der Waals surface area contributed by atoms with Crippen LogP contribution in [0.4, 0.5) is 8.78 Å². The van der Waals surface area contributed by atoms with E-state index in [-0.39, 0.29) is 18.3 Å². The van der Waals surface area contributed by atoms with Crippen LogP contribution in [0.25, 0.3) is 0 Å². The largest absolute Gasteiger partial charge is 0.431 e. The van der Waals surface area contributed by atoms with Gasteiger partial charge in [0.05, 0.1) is 6.61 Å². The molecule has 0 fully saturated rings. The molecule has 0 aromatic heterocycles. The summed E-state index contributed by atoms with van der Waals surface area (Å²) in [5, 5.41) is 12.2.